The quantitative estimate of drug-likeness (QED) is 0.581. The van der Waals surface area contributed by atoms with Gasteiger partial charge >= 0.3 is 0 Å². The largest absolute Gasteiger partial charge is 0.299 e. The molecule has 0 radical (unpaired) electrons. The van der Waals surface area contributed by atoms with E-state index >= 15 is 0 Å². The molecule has 1 nitrogen and oxygen atoms in total. The van der Waals surface area contributed by atoms with Gasteiger partial charge in [0.25, 0.3) is 0 Å². The molecule has 2 rings (SSSR count). The Morgan fingerprint density at radius 2 is 1.33 bits per heavy atom. The van der Waals surface area contributed by atoms with Crippen molar-refractivity contribution in [2.24, 2.45) is 0 Å². The van der Waals surface area contributed by atoms with Crippen LogP contribution in [0.25, 0.3) is 0 Å². The minimum absolute atomic E-state index is 0.0776. The highest BCUT2D eigenvalue weighted by Gasteiger charge is 2.24. The fraction of sp³-hybridized carbons (Fsp3) is 0.538. The second kappa shape index (κ2) is 5.26. The zero-order chi connectivity index (χ0) is 13.3. The van der Waals surface area contributed by atoms with Crippen LogP contribution in [0.2, 0.25) is 0 Å². The van der Waals surface area contributed by atoms with Crippen LogP contribution < -0.4 is 0 Å². The Morgan fingerprint density at radius 1 is 0.833 bits per heavy atom. The summed E-state index contributed by atoms with van der Waals surface area (Å²) in [7, 11) is 0. The van der Waals surface area contributed by atoms with Gasteiger partial charge in [-0.2, -0.15) is 0 Å². The Balaban J connectivity index is 2.32. The summed E-state index contributed by atoms with van der Waals surface area (Å²) in [5.74, 6) is -5.12. The Bertz CT molecular complexity index is 424. The molecular weight excluding hydrogens is 246 g/mol. The number of nitrogens with zero attached hydrogens (tertiary/aromatic N) is 1. The first kappa shape index (κ1) is 13.3. The summed E-state index contributed by atoms with van der Waals surface area (Å²) >= 11 is 0. The maximum atomic E-state index is 13.6. The van der Waals surface area contributed by atoms with E-state index in [1.165, 1.54) is 0 Å². The van der Waals surface area contributed by atoms with Gasteiger partial charge in [-0.1, -0.05) is 6.42 Å². The van der Waals surface area contributed by atoms with Crippen LogP contribution in [0.15, 0.2) is 0 Å². The molecule has 0 aromatic heterocycles. The van der Waals surface area contributed by atoms with E-state index in [1.807, 2.05) is 4.90 Å². The van der Waals surface area contributed by atoms with Crippen molar-refractivity contribution in [3.8, 4) is 0 Å². The third-order valence-corrected chi connectivity index (χ3v) is 3.40. The number of hydrogen-bond donors (Lipinski definition) is 0. The monoisotopic (exact) mass is 261 g/mol. The molecule has 0 bridgehead atoms. The van der Waals surface area contributed by atoms with Gasteiger partial charge in [-0.25, -0.2) is 17.6 Å². The number of likely N-dealkylation sites (tertiary alicyclic amines) is 1. The van der Waals surface area contributed by atoms with E-state index in [0.717, 1.165) is 26.2 Å². The van der Waals surface area contributed by atoms with Crippen LogP contribution in [-0.2, 0) is 6.54 Å². The summed E-state index contributed by atoms with van der Waals surface area (Å²) in [6.45, 7) is 2.36. The Hall–Kier alpha value is -1.10. The SMILES string of the molecule is Cc1c(F)c(F)c(CN2CCCCC2)c(F)c1F. The molecule has 5 heteroatoms. The van der Waals surface area contributed by atoms with Gasteiger partial charge in [0.05, 0.1) is 0 Å². The van der Waals surface area contributed by atoms with Gasteiger partial charge < -0.3 is 0 Å². The molecule has 1 aromatic carbocycles. The molecule has 0 unspecified atom stereocenters. The van der Waals surface area contributed by atoms with E-state index in [-0.39, 0.29) is 6.54 Å². The number of piperidine rings is 1. The summed E-state index contributed by atoms with van der Waals surface area (Å²) in [5, 5.41) is 0. The zero-order valence-corrected chi connectivity index (χ0v) is 10.2. The Kier molecular flexibility index (Phi) is 3.90. The van der Waals surface area contributed by atoms with Crippen LogP contribution >= 0.6 is 0 Å². The van der Waals surface area contributed by atoms with Crippen LogP contribution in [-0.4, -0.2) is 18.0 Å². The summed E-state index contributed by atoms with van der Waals surface area (Å²) in [6.07, 6.45) is 2.97. The molecule has 1 fully saturated rings. The predicted octanol–water partition coefficient (Wildman–Crippen LogP) is 3.54. The summed E-state index contributed by atoms with van der Waals surface area (Å²) in [5.41, 5.74) is -1.11. The highest BCUT2D eigenvalue weighted by molar-refractivity contribution is 5.29. The molecule has 0 N–H and O–H groups in total. The number of halogens is 4. The van der Waals surface area contributed by atoms with E-state index in [1.54, 1.807) is 0 Å². The fourth-order valence-electron chi connectivity index (χ4n) is 2.27. The molecule has 1 aliphatic heterocycles. The van der Waals surface area contributed by atoms with Crippen LogP contribution in [0.4, 0.5) is 17.6 Å². The lowest BCUT2D eigenvalue weighted by Gasteiger charge is -2.26. The average Bonchev–Trinajstić information content (AvgIpc) is 2.40. The van der Waals surface area contributed by atoms with Gasteiger partial charge in [-0.3, -0.25) is 4.90 Å². The summed E-state index contributed by atoms with van der Waals surface area (Å²) in [4.78, 5) is 1.82. The second-order valence-electron chi connectivity index (χ2n) is 4.70. The maximum Gasteiger partial charge on any atom is 0.166 e. The molecule has 0 aliphatic carbocycles. The topological polar surface area (TPSA) is 3.24 Å². The van der Waals surface area contributed by atoms with Crippen molar-refractivity contribution in [2.75, 3.05) is 13.1 Å². The predicted molar refractivity (Wildman–Crippen MR) is 60.1 cm³/mol. The van der Waals surface area contributed by atoms with Crippen LogP contribution in [0, 0.1) is 30.2 Å². The molecule has 100 valence electrons. The van der Waals surface area contributed by atoms with Crippen molar-refractivity contribution in [3.05, 3.63) is 34.4 Å². The summed E-state index contributed by atoms with van der Waals surface area (Å²) < 4.78 is 54.1. The highest BCUT2D eigenvalue weighted by Crippen LogP contribution is 2.25. The maximum absolute atomic E-state index is 13.6. The van der Waals surface area contributed by atoms with E-state index in [2.05, 4.69) is 0 Å². The lowest BCUT2D eigenvalue weighted by Crippen LogP contribution is -2.30. The first-order valence-corrected chi connectivity index (χ1v) is 6.06. The number of rotatable bonds is 2. The number of benzene rings is 1. The van der Waals surface area contributed by atoms with Gasteiger partial charge in [0.15, 0.2) is 23.3 Å². The molecule has 1 saturated heterocycles. The van der Waals surface area contributed by atoms with E-state index in [4.69, 9.17) is 0 Å². The Morgan fingerprint density at radius 3 is 1.83 bits per heavy atom. The standard InChI is InChI=1S/C13H15F4N/c1-8-10(14)12(16)9(13(17)11(8)15)7-18-5-3-2-4-6-18/h2-7H2,1H3. The minimum Gasteiger partial charge on any atom is -0.299 e. The van der Waals surface area contributed by atoms with Crippen molar-refractivity contribution >= 4 is 0 Å². The summed E-state index contributed by atoms with van der Waals surface area (Å²) in [6, 6.07) is 0. The van der Waals surface area contributed by atoms with Crippen molar-refractivity contribution in [3.63, 3.8) is 0 Å². The van der Waals surface area contributed by atoms with Gasteiger partial charge in [-0.05, 0) is 32.9 Å². The van der Waals surface area contributed by atoms with Gasteiger partial charge in [0.2, 0.25) is 0 Å². The lowest BCUT2D eigenvalue weighted by molar-refractivity contribution is 0.213. The lowest BCUT2D eigenvalue weighted by atomic mass is 10.1. The number of hydrogen-bond acceptors (Lipinski definition) is 1. The first-order chi connectivity index (χ1) is 8.52. The van der Waals surface area contributed by atoms with E-state index < -0.39 is 34.4 Å². The molecular formula is C13H15F4N. The second-order valence-corrected chi connectivity index (χ2v) is 4.70. The van der Waals surface area contributed by atoms with Crippen LogP contribution in [0.3, 0.4) is 0 Å². The minimum atomic E-state index is -1.29. The van der Waals surface area contributed by atoms with Gasteiger partial charge in [0.1, 0.15) is 0 Å². The fourth-order valence-corrected chi connectivity index (χ4v) is 2.27. The third-order valence-electron chi connectivity index (χ3n) is 3.40. The van der Waals surface area contributed by atoms with Gasteiger partial charge in [0, 0.05) is 17.7 Å². The highest BCUT2D eigenvalue weighted by atomic mass is 19.2. The molecule has 1 heterocycles. The molecule has 0 atom stereocenters. The molecule has 0 spiro atoms. The third kappa shape index (κ3) is 2.36. The smallest absolute Gasteiger partial charge is 0.166 e. The van der Waals surface area contributed by atoms with Crippen molar-refractivity contribution in [1.29, 1.82) is 0 Å². The molecule has 18 heavy (non-hydrogen) atoms. The first-order valence-electron chi connectivity index (χ1n) is 6.06. The normalized spacial score (nSPS) is 17.2. The molecule has 1 aromatic rings. The van der Waals surface area contributed by atoms with Gasteiger partial charge in [-0.15, -0.1) is 0 Å². The molecule has 0 amide bonds. The van der Waals surface area contributed by atoms with Crippen LogP contribution in [0.1, 0.15) is 30.4 Å². The van der Waals surface area contributed by atoms with Crippen molar-refractivity contribution in [1.82, 2.24) is 4.90 Å². The molecule has 1 aliphatic rings. The van der Waals surface area contributed by atoms with E-state index in [0.29, 0.717) is 13.1 Å². The zero-order valence-electron chi connectivity index (χ0n) is 10.2. The van der Waals surface area contributed by atoms with Crippen molar-refractivity contribution < 1.29 is 17.6 Å². The Labute approximate surface area is 103 Å². The molecule has 0 saturated carbocycles. The van der Waals surface area contributed by atoms with Crippen molar-refractivity contribution in [2.45, 2.75) is 32.7 Å². The average molecular weight is 261 g/mol. The van der Waals surface area contributed by atoms with E-state index in [9.17, 15) is 17.6 Å². The van der Waals surface area contributed by atoms with Crippen LogP contribution in [0.5, 0.6) is 0 Å².